The molecule has 0 aliphatic heterocycles. The molecule has 106 valence electrons. The smallest absolute Gasteiger partial charge is 0.326 e. The lowest BCUT2D eigenvalue weighted by molar-refractivity contribution is -0.143. The molecule has 0 aromatic carbocycles. The summed E-state index contributed by atoms with van der Waals surface area (Å²) in [5.74, 6) is -1.34. The lowest BCUT2D eigenvalue weighted by atomic mass is 10.0. The maximum atomic E-state index is 12.0. The van der Waals surface area contributed by atoms with Crippen molar-refractivity contribution in [3.8, 4) is 0 Å². The summed E-state index contributed by atoms with van der Waals surface area (Å²) in [5.41, 5.74) is 0. The van der Waals surface area contributed by atoms with Gasteiger partial charge in [0.25, 0.3) is 0 Å². The maximum Gasteiger partial charge on any atom is 0.326 e. The van der Waals surface area contributed by atoms with Gasteiger partial charge in [-0.25, -0.2) is 4.79 Å². The zero-order valence-electron chi connectivity index (χ0n) is 12.1. The van der Waals surface area contributed by atoms with E-state index in [1.807, 2.05) is 11.9 Å². The average Bonchev–Trinajstić information content (AvgIpc) is 2.30. The Morgan fingerprint density at radius 2 is 1.83 bits per heavy atom. The minimum atomic E-state index is -0.984. The third-order valence-corrected chi connectivity index (χ3v) is 3.14. The molecule has 0 bridgehead atoms. The van der Waals surface area contributed by atoms with Crippen molar-refractivity contribution in [3.05, 3.63) is 0 Å². The maximum absolute atomic E-state index is 12.0. The van der Waals surface area contributed by atoms with E-state index in [0.29, 0.717) is 0 Å². The monoisotopic (exact) mass is 258 g/mol. The number of unbranched alkanes of at least 4 members (excludes halogenated alkanes) is 1. The number of likely N-dealkylation sites (N-methyl/N-ethyl adjacent to an activating group) is 1. The molecule has 0 rings (SSSR count). The van der Waals surface area contributed by atoms with E-state index in [9.17, 15) is 9.59 Å². The Balaban J connectivity index is 4.41. The molecule has 0 aromatic rings. The van der Waals surface area contributed by atoms with Gasteiger partial charge in [-0.2, -0.15) is 0 Å². The highest BCUT2D eigenvalue weighted by Crippen LogP contribution is 2.04. The van der Waals surface area contributed by atoms with Crippen LogP contribution in [0.3, 0.4) is 0 Å². The molecule has 0 spiro atoms. The van der Waals surface area contributed by atoms with Crippen LogP contribution in [0.5, 0.6) is 0 Å². The molecule has 5 heteroatoms. The van der Waals surface area contributed by atoms with E-state index in [4.69, 9.17) is 5.11 Å². The molecule has 18 heavy (non-hydrogen) atoms. The van der Waals surface area contributed by atoms with E-state index in [1.165, 1.54) is 0 Å². The molecule has 0 aliphatic carbocycles. The number of rotatable bonds is 8. The van der Waals surface area contributed by atoms with Crippen LogP contribution in [-0.4, -0.2) is 47.6 Å². The molecule has 5 nitrogen and oxygen atoms in total. The van der Waals surface area contributed by atoms with E-state index in [0.717, 1.165) is 19.4 Å². The number of carbonyl (C=O) groups is 2. The Hall–Kier alpha value is -1.10. The second kappa shape index (κ2) is 8.08. The number of hydrogen-bond acceptors (Lipinski definition) is 3. The molecule has 0 aliphatic rings. The number of nitrogens with one attached hydrogen (secondary N) is 1. The topological polar surface area (TPSA) is 69.6 Å². The molecule has 2 unspecified atom stereocenters. The zero-order chi connectivity index (χ0) is 14.3. The van der Waals surface area contributed by atoms with Crippen LogP contribution in [0.2, 0.25) is 0 Å². The van der Waals surface area contributed by atoms with E-state index in [-0.39, 0.29) is 17.9 Å². The molecular weight excluding hydrogens is 232 g/mol. The van der Waals surface area contributed by atoms with Crippen LogP contribution in [0.4, 0.5) is 0 Å². The molecule has 0 radical (unpaired) electrons. The third kappa shape index (κ3) is 5.49. The minimum Gasteiger partial charge on any atom is -0.480 e. The Bertz CT molecular complexity index is 279. The lowest BCUT2D eigenvalue weighted by Gasteiger charge is -2.26. The first kappa shape index (κ1) is 16.9. The Morgan fingerprint density at radius 3 is 2.22 bits per heavy atom. The quantitative estimate of drug-likeness (QED) is 0.689. The summed E-state index contributed by atoms with van der Waals surface area (Å²) in [5, 5.41) is 11.6. The van der Waals surface area contributed by atoms with Crippen molar-refractivity contribution in [2.75, 3.05) is 13.6 Å². The number of carboxylic acids is 1. The van der Waals surface area contributed by atoms with Crippen molar-refractivity contribution in [1.29, 1.82) is 0 Å². The van der Waals surface area contributed by atoms with Crippen LogP contribution >= 0.6 is 0 Å². The largest absolute Gasteiger partial charge is 0.480 e. The van der Waals surface area contributed by atoms with Crippen molar-refractivity contribution in [3.63, 3.8) is 0 Å². The molecule has 2 N–H and O–H groups in total. The van der Waals surface area contributed by atoms with Crippen LogP contribution in [0.15, 0.2) is 0 Å². The SMILES string of the molecule is CCCCN(C)C(C)C(=O)NC(C(=O)O)C(C)C. The first-order chi connectivity index (χ1) is 8.31. The first-order valence-corrected chi connectivity index (χ1v) is 6.54. The van der Waals surface area contributed by atoms with Crippen molar-refractivity contribution >= 4 is 11.9 Å². The minimum absolute atomic E-state index is 0.125. The third-order valence-electron chi connectivity index (χ3n) is 3.14. The molecule has 0 fully saturated rings. The summed E-state index contributed by atoms with van der Waals surface area (Å²) >= 11 is 0. The van der Waals surface area contributed by atoms with Gasteiger partial charge in [0.05, 0.1) is 6.04 Å². The highest BCUT2D eigenvalue weighted by atomic mass is 16.4. The predicted molar refractivity (Wildman–Crippen MR) is 71.4 cm³/mol. The second-order valence-corrected chi connectivity index (χ2v) is 5.08. The average molecular weight is 258 g/mol. The van der Waals surface area contributed by atoms with Gasteiger partial charge in [-0.05, 0) is 32.9 Å². The molecule has 0 heterocycles. The van der Waals surface area contributed by atoms with Crippen molar-refractivity contribution in [2.45, 2.75) is 52.6 Å². The van der Waals surface area contributed by atoms with Gasteiger partial charge in [-0.3, -0.25) is 9.69 Å². The number of carbonyl (C=O) groups excluding carboxylic acids is 1. The molecule has 2 atom stereocenters. The summed E-state index contributed by atoms with van der Waals surface area (Å²) in [6.45, 7) is 8.29. The van der Waals surface area contributed by atoms with Crippen molar-refractivity contribution < 1.29 is 14.7 Å². The summed E-state index contributed by atoms with van der Waals surface area (Å²) in [6, 6.07) is -1.13. The van der Waals surface area contributed by atoms with Gasteiger partial charge < -0.3 is 10.4 Å². The highest BCUT2D eigenvalue weighted by molar-refractivity contribution is 5.86. The standard InChI is InChI=1S/C13H26N2O3/c1-6-7-8-15(5)10(4)12(16)14-11(9(2)3)13(17)18/h9-11H,6-8H2,1-5H3,(H,14,16)(H,17,18). The van der Waals surface area contributed by atoms with E-state index in [1.54, 1.807) is 20.8 Å². The number of hydrogen-bond donors (Lipinski definition) is 2. The molecule has 0 aromatic heterocycles. The summed E-state index contributed by atoms with van der Waals surface area (Å²) in [7, 11) is 1.88. The first-order valence-electron chi connectivity index (χ1n) is 6.54. The molecular formula is C13H26N2O3. The van der Waals surface area contributed by atoms with Gasteiger partial charge in [0.1, 0.15) is 6.04 Å². The van der Waals surface area contributed by atoms with Crippen LogP contribution in [-0.2, 0) is 9.59 Å². The number of carboxylic acid groups (broad SMARTS) is 1. The zero-order valence-corrected chi connectivity index (χ0v) is 12.1. The molecule has 0 saturated heterocycles. The van der Waals surface area contributed by atoms with Gasteiger partial charge >= 0.3 is 5.97 Å². The summed E-state index contributed by atoms with van der Waals surface area (Å²) in [6.07, 6.45) is 2.10. The Kier molecular flexibility index (Phi) is 7.59. The van der Waals surface area contributed by atoms with Crippen LogP contribution < -0.4 is 5.32 Å². The fourth-order valence-electron chi connectivity index (χ4n) is 1.59. The van der Waals surface area contributed by atoms with Crippen LogP contribution in [0.1, 0.15) is 40.5 Å². The fourth-order valence-corrected chi connectivity index (χ4v) is 1.59. The fraction of sp³-hybridized carbons (Fsp3) is 0.846. The van der Waals surface area contributed by atoms with E-state index in [2.05, 4.69) is 12.2 Å². The van der Waals surface area contributed by atoms with Gasteiger partial charge in [0.2, 0.25) is 5.91 Å². The highest BCUT2D eigenvalue weighted by Gasteiger charge is 2.26. The Labute approximate surface area is 110 Å². The van der Waals surface area contributed by atoms with Gasteiger partial charge in [-0.1, -0.05) is 27.2 Å². The van der Waals surface area contributed by atoms with Gasteiger partial charge in [0, 0.05) is 0 Å². The normalized spacial score (nSPS) is 14.6. The van der Waals surface area contributed by atoms with Crippen LogP contribution in [0.25, 0.3) is 0 Å². The van der Waals surface area contributed by atoms with Crippen molar-refractivity contribution in [1.82, 2.24) is 10.2 Å². The summed E-state index contributed by atoms with van der Waals surface area (Å²) in [4.78, 5) is 24.9. The molecule has 1 amide bonds. The summed E-state index contributed by atoms with van der Waals surface area (Å²) < 4.78 is 0. The number of aliphatic carboxylic acids is 1. The predicted octanol–water partition coefficient (Wildman–Crippen LogP) is 1.33. The second-order valence-electron chi connectivity index (χ2n) is 5.08. The van der Waals surface area contributed by atoms with Gasteiger partial charge in [-0.15, -0.1) is 0 Å². The van der Waals surface area contributed by atoms with Crippen LogP contribution in [0, 0.1) is 5.92 Å². The van der Waals surface area contributed by atoms with E-state index >= 15 is 0 Å². The van der Waals surface area contributed by atoms with Gasteiger partial charge in [0.15, 0.2) is 0 Å². The van der Waals surface area contributed by atoms with Crippen molar-refractivity contribution in [2.24, 2.45) is 5.92 Å². The number of nitrogens with zero attached hydrogens (tertiary/aromatic N) is 1. The lowest BCUT2D eigenvalue weighted by Crippen LogP contribution is -2.51. The molecule has 0 saturated carbocycles. The van der Waals surface area contributed by atoms with E-state index < -0.39 is 12.0 Å². The Morgan fingerprint density at radius 1 is 1.28 bits per heavy atom. The number of amides is 1.